The van der Waals surface area contributed by atoms with E-state index >= 15 is 0 Å². The molecular weight excluding hydrogens is 246 g/mol. The summed E-state index contributed by atoms with van der Waals surface area (Å²) in [6.45, 7) is 3.31. The van der Waals surface area contributed by atoms with Gasteiger partial charge in [-0.05, 0) is 42.3 Å². The van der Waals surface area contributed by atoms with E-state index in [4.69, 9.17) is 16.3 Å². The van der Waals surface area contributed by atoms with Crippen molar-refractivity contribution in [2.75, 3.05) is 6.73 Å². The third-order valence-electron chi connectivity index (χ3n) is 2.57. The molecule has 0 heterocycles. The van der Waals surface area contributed by atoms with Gasteiger partial charge < -0.3 is 4.74 Å². The molecule has 0 unspecified atom stereocenters. The molecule has 0 fully saturated rings. The number of nitrogens with one attached hydrogen (secondary N) is 1. The van der Waals surface area contributed by atoms with Crippen molar-refractivity contribution >= 4 is 11.6 Å². The largest absolute Gasteiger partial charge is 0.478 e. The molecule has 0 radical (unpaired) electrons. The van der Waals surface area contributed by atoms with E-state index in [1.807, 2.05) is 55.5 Å². The molecule has 0 aliphatic rings. The van der Waals surface area contributed by atoms with Gasteiger partial charge in [0.25, 0.3) is 0 Å². The number of rotatable bonds is 5. The van der Waals surface area contributed by atoms with Gasteiger partial charge in [0.1, 0.15) is 12.5 Å². The van der Waals surface area contributed by atoms with Crippen LogP contribution in [0.3, 0.4) is 0 Å². The van der Waals surface area contributed by atoms with Gasteiger partial charge in [0.15, 0.2) is 0 Å². The molecule has 0 bridgehead atoms. The maximum atomic E-state index is 5.82. The van der Waals surface area contributed by atoms with Crippen LogP contribution in [0.25, 0.3) is 0 Å². The fourth-order valence-corrected chi connectivity index (χ4v) is 1.76. The molecule has 2 nitrogen and oxygen atoms in total. The fraction of sp³-hybridized carbons (Fsp3) is 0.200. The van der Waals surface area contributed by atoms with Gasteiger partial charge in [0.05, 0.1) is 0 Å². The average Bonchev–Trinajstić information content (AvgIpc) is 2.37. The summed E-state index contributed by atoms with van der Waals surface area (Å²) in [6, 6.07) is 15.8. The molecule has 0 aromatic heterocycles. The third kappa shape index (κ3) is 4.06. The molecule has 3 heteroatoms. The normalized spacial score (nSPS) is 10.3. The van der Waals surface area contributed by atoms with E-state index in [2.05, 4.69) is 5.32 Å². The van der Waals surface area contributed by atoms with E-state index in [1.54, 1.807) is 0 Å². The molecule has 0 aliphatic carbocycles. The van der Waals surface area contributed by atoms with Crippen LogP contribution in [0.1, 0.15) is 11.1 Å². The smallest absolute Gasteiger partial charge is 0.139 e. The Balaban J connectivity index is 1.74. The van der Waals surface area contributed by atoms with Crippen molar-refractivity contribution in [3.05, 3.63) is 64.7 Å². The van der Waals surface area contributed by atoms with Crippen molar-refractivity contribution in [1.82, 2.24) is 5.32 Å². The first kappa shape index (κ1) is 12.9. The van der Waals surface area contributed by atoms with Gasteiger partial charge in [-0.2, -0.15) is 0 Å². The highest BCUT2D eigenvalue weighted by atomic mass is 35.5. The minimum absolute atomic E-state index is 0.492. The molecule has 18 heavy (non-hydrogen) atoms. The summed E-state index contributed by atoms with van der Waals surface area (Å²) in [6.07, 6.45) is 0. The molecular formula is C15H16ClNO. The van der Waals surface area contributed by atoms with Crippen molar-refractivity contribution in [3.8, 4) is 5.75 Å². The van der Waals surface area contributed by atoms with Crippen LogP contribution in [0.4, 0.5) is 0 Å². The highest BCUT2D eigenvalue weighted by molar-refractivity contribution is 6.30. The lowest BCUT2D eigenvalue weighted by molar-refractivity contribution is 0.282. The van der Waals surface area contributed by atoms with Crippen LogP contribution in [0.15, 0.2) is 48.5 Å². The molecule has 0 aliphatic heterocycles. The highest BCUT2D eigenvalue weighted by Gasteiger charge is 1.95. The molecule has 94 valence electrons. The molecule has 0 atom stereocenters. The van der Waals surface area contributed by atoms with E-state index in [9.17, 15) is 0 Å². The van der Waals surface area contributed by atoms with E-state index < -0.39 is 0 Å². The Morgan fingerprint density at radius 2 is 1.89 bits per heavy atom. The summed E-state index contributed by atoms with van der Waals surface area (Å²) in [5.74, 6) is 0.888. The van der Waals surface area contributed by atoms with Gasteiger partial charge in [-0.1, -0.05) is 35.9 Å². The predicted molar refractivity (Wildman–Crippen MR) is 75.0 cm³/mol. The zero-order chi connectivity index (χ0) is 12.8. The SMILES string of the molecule is Cc1cccc(OCNCc2ccc(Cl)cc2)c1. The molecule has 2 rings (SSSR count). The Bertz CT molecular complexity index is 496. The second kappa shape index (κ2) is 6.43. The van der Waals surface area contributed by atoms with Crippen molar-refractivity contribution in [2.24, 2.45) is 0 Å². The monoisotopic (exact) mass is 261 g/mol. The predicted octanol–water partition coefficient (Wildman–Crippen LogP) is 3.77. The maximum absolute atomic E-state index is 5.82. The van der Waals surface area contributed by atoms with E-state index in [-0.39, 0.29) is 0 Å². The lowest BCUT2D eigenvalue weighted by Crippen LogP contribution is -2.19. The number of hydrogen-bond acceptors (Lipinski definition) is 2. The number of halogens is 1. The Labute approximate surface area is 113 Å². The van der Waals surface area contributed by atoms with E-state index in [1.165, 1.54) is 11.1 Å². The Kier molecular flexibility index (Phi) is 4.62. The van der Waals surface area contributed by atoms with Crippen LogP contribution in [-0.4, -0.2) is 6.73 Å². The summed E-state index contributed by atoms with van der Waals surface area (Å²) in [4.78, 5) is 0. The van der Waals surface area contributed by atoms with Crippen molar-refractivity contribution in [3.63, 3.8) is 0 Å². The molecule has 2 aromatic rings. The number of hydrogen-bond donors (Lipinski definition) is 1. The van der Waals surface area contributed by atoms with Gasteiger partial charge in [0, 0.05) is 11.6 Å². The molecule has 0 spiro atoms. The molecule has 1 N–H and O–H groups in total. The summed E-state index contributed by atoms with van der Waals surface area (Å²) in [5, 5.41) is 3.98. The third-order valence-corrected chi connectivity index (χ3v) is 2.82. The lowest BCUT2D eigenvalue weighted by atomic mass is 10.2. The Hall–Kier alpha value is -1.51. The first-order chi connectivity index (χ1) is 8.74. The van der Waals surface area contributed by atoms with Gasteiger partial charge in [-0.15, -0.1) is 0 Å². The minimum Gasteiger partial charge on any atom is -0.478 e. The van der Waals surface area contributed by atoms with Crippen LogP contribution in [0.5, 0.6) is 5.75 Å². The van der Waals surface area contributed by atoms with Gasteiger partial charge in [0.2, 0.25) is 0 Å². The Morgan fingerprint density at radius 1 is 1.11 bits per heavy atom. The Morgan fingerprint density at radius 3 is 2.61 bits per heavy atom. The minimum atomic E-state index is 0.492. The van der Waals surface area contributed by atoms with Crippen LogP contribution in [0.2, 0.25) is 5.02 Å². The van der Waals surface area contributed by atoms with Crippen LogP contribution >= 0.6 is 11.6 Å². The number of benzene rings is 2. The van der Waals surface area contributed by atoms with Crippen LogP contribution < -0.4 is 10.1 Å². The summed E-state index contributed by atoms with van der Waals surface area (Å²) < 4.78 is 5.60. The molecule has 0 amide bonds. The number of ether oxygens (including phenoxy) is 1. The number of aryl methyl sites for hydroxylation is 1. The summed E-state index contributed by atoms with van der Waals surface area (Å²) in [7, 11) is 0. The van der Waals surface area contributed by atoms with Crippen molar-refractivity contribution in [1.29, 1.82) is 0 Å². The van der Waals surface area contributed by atoms with Crippen molar-refractivity contribution in [2.45, 2.75) is 13.5 Å². The van der Waals surface area contributed by atoms with E-state index in [0.717, 1.165) is 17.3 Å². The molecule has 0 saturated heterocycles. The lowest BCUT2D eigenvalue weighted by Gasteiger charge is -2.08. The molecule has 0 saturated carbocycles. The first-order valence-electron chi connectivity index (χ1n) is 5.89. The first-order valence-corrected chi connectivity index (χ1v) is 6.26. The van der Waals surface area contributed by atoms with Crippen LogP contribution in [-0.2, 0) is 6.54 Å². The van der Waals surface area contributed by atoms with Gasteiger partial charge in [-0.25, -0.2) is 0 Å². The second-order valence-corrected chi connectivity index (χ2v) is 4.59. The highest BCUT2D eigenvalue weighted by Crippen LogP contribution is 2.12. The quantitative estimate of drug-likeness (QED) is 0.653. The average molecular weight is 262 g/mol. The fourth-order valence-electron chi connectivity index (χ4n) is 1.64. The summed E-state index contributed by atoms with van der Waals surface area (Å²) >= 11 is 5.82. The zero-order valence-corrected chi connectivity index (χ0v) is 11.1. The topological polar surface area (TPSA) is 21.3 Å². The summed E-state index contributed by atoms with van der Waals surface area (Å²) in [5.41, 5.74) is 2.39. The maximum Gasteiger partial charge on any atom is 0.139 e. The van der Waals surface area contributed by atoms with Crippen LogP contribution in [0, 0.1) is 6.92 Å². The second-order valence-electron chi connectivity index (χ2n) is 4.16. The standard InChI is InChI=1S/C15H16ClNO/c1-12-3-2-4-15(9-12)18-11-17-10-13-5-7-14(16)8-6-13/h2-9,17H,10-11H2,1H3. The van der Waals surface area contributed by atoms with Gasteiger partial charge in [-0.3, -0.25) is 5.32 Å². The van der Waals surface area contributed by atoms with E-state index in [0.29, 0.717) is 6.73 Å². The molecule has 2 aromatic carbocycles. The van der Waals surface area contributed by atoms with Gasteiger partial charge >= 0.3 is 0 Å². The van der Waals surface area contributed by atoms with Crippen molar-refractivity contribution < 1.29 is 4.74 Å². The zero-order valence-electron chi connectivity index (χ0n) is 10.3.